The lowest BCUT2D eigenvalue weighted by molar-refractivity contribution is 0.0518. The Bertz CT molecular complexity index is 679. The van der Waals surface area contributed by atoms with Gasteiger partial charge in [0, 0.05) is 5.56 Å². The van der Waals surface area contributed by atoms with Gasteiger partial charge in [-0.2, -0.15) is 0 Å². The molecule has 0 aliphatic carbocycles. The fourth-order valence-electron chi connectivity index (χ4n) is 2.11. The molecule has 0 bridgehead atoms. The van der Waals surface area contributed by atoms with Crippen LogP contribution in [0.3, 0.4) is 0 Å². The third-order valence-corrected chi connectivity index (χ3v) is 3.78. The van der Waals surface area contributed by atoms with E-state index in [-0.39, 0.29) is 18.9 Å². The molecule has 0 spiro atoms. The van der Waals surface area contributed by atoms with Gasteiger partial charge in [-0.15, -0.1) is 0 Å². The first-order valence-electron chi connectivity index (χ1n) is 6.91. The quantitative estimate of drug-likeness (QED) is 0.601. The highest BCUT2D eigenvalue weighted by Crippen LogP contribution is 2.32. The smallest absolute Gasteiger partial charge is 0.355 e. The van der Waals surface area contributed by atoms with Crippen molar-refractivity contribution in [3.05, 3.63) is 45.3 Å². The van der Waals surface area contributed by atoms with Crippen LogP contribution in [0.4, 0.5) is 0 Å². The Morgan fingerprint density at radius 2 is 1.64 bits per heavy atom. The molecule has 22 heavy (non-hydrogen) atoms. The van der Waals surface area contributed by atoms with E-state index in [9.17, 15) is 9.59 Å². The van der Waals surface area contributed by atoms with Crippen molar-refractivity contribution in [3.8, 4) is 11.1 Å². The summed E-state index contributed by atoms with van der Waals surface area (Å²) >= 11 is 1.99. The SMILES string of the molecule is CCOC(=O)c1[nH]c(I)c(C(=O)OCC)c1-c1ccccc1. The maximum Gasteiger partial charge on any atom is 0.355 e. The molecule has 0 radical (unpaired) electrons. The Kier molecular flexibility index (Phi) is 5.59. The number of halogens is 1. The summed E-state index contributed by atoms with van der Waals surface area (Å²) in [6, 6.07) is 9.24. The number of aromatic nitrogens is 1. The van der Waals surface area contributed by atoms with Crippen LogP contribution in [0.25, 0.3) is 11.1 Å². The van der Waals surface area contributed by atoms with E-state index in [4.69, 9.17) is 9.47 Å². The average Bonchev–Trinajstić information content (AvgIpc) is 2.86. The first-order valence-corrected chi connectivity index (χ1v) is 7.99. The standard InChI is InChI=1S/C16H16INO4/c1-3-21-15(19)12-11(10-8-6-5-7-9-10)13(18-14(12)17)16(20)22-4-2/h5-9,18H,3-4H2,1-2H3. The number of benzene rings is 1. The summed E-state index contributed by atoms with van der Waals surface area (Å²) < 4.78 is 10.7. The molecule has 2 rings (SSSR count). The minimum absolute atomic E-state index is 0.261. The topological polar surface area (TPSA) is 68.4 Å². The average molecular weight is 413 g/mol. The number of aromatic amines is 1. The number of carbonyl (C=O) groups excluding carboxylic acids is 2. The van der Waals surface area contributed by atoms with Crippen LogP contribution < -0.4 is 0 Å². The zero-order valence-electron chi connectivity index (χ0n) is 12.3. The van der Waals surface area contributed by atoms with Crippen LogP contribution in [0.15, 0.2) is 30.3 Å². The fourth-order valence-corrected chi connectivity index (χ4v) is 2.87. The molecule has 0 saturated carbocycles. The van der Waals surface area contributed by atoms with Crippen LogP contribution in [0.5, 0.6) is 0 Å². The fraction of sp³-hybridized carbons (Fsp3) is 0.250. The summed E-state index contributed by atoms with van der Waals surface area (Å²) in [5.41, 5.74) is 1.90. The van der Waals surface area contributed by atoms with Crippen molar-refractivity contribution in [2.75, 3.05) is 13.2 Å². The van der Waals surface area contributed by atoms with Crippen molar-refractivity contribution >= 4 is 34.5 Å². The second-order valence-corrected chi connectivity index (χ2v) is 5.45. The minimum Gasteiger partial charge on any atom is -0.462 e. The molecule has 1 heterocycles. The molecule has 0 unspecified atom stereocenters. The Balaban J connectivity index is 2.63. The monoisotopic (exact) mass is 413 g/mol. The maximum atomic E-state index is 12.3. The van der Waals surface area contributed by atoms with Crippen molar-refractivity contribution in [1.29, 1.82) is 0 Å². The van der Waals surface area contributed by atoms with E-state index >= 15 is 0 Å². The van der Waals surface area contributed by atoms with E-state index in [1.54, 1.807) is 13.8 Å². The Labute approximate surface area is 142 Å². The lowest BCUT2D eigenvalue weighted by atomic mass is 10.0. The van der Waals surface area contributed by atoms with Gasteiger partial charge >= 0.3 is 11.9 Å². The molecule has 1 aromatic carbocycles. The van der Waals surface area contributed by atoms with E-state index < -0.39 is 11.9 Å². The molecule has 6 heteroatoms. The molecule has 0 saturated heterocycles. The zero-order chi connectivity index (χ0) is 16.1. The van der Waals surface area contributed by atoms with Gasteiger partial charge in [-0.25, -0.2) is 9.59 Å². The van der Waals surface area contributed by atoms with Crippen LogP contribution in [-0.4, -0.2) is 30.1 Å². The van der Waals surface area contributed by atoms with Gasteiger partial charge in [0.05, 0.1) is 22.5 Å². The molecular formula is C16H16INO4. The van der Waals surface area contributed by atoms with Crippen molar-refractivity contribution in [1.82, 2.24) is 4.98 Å². The second kappa shape index (κ2) is 7.44. The summed E-state index contributed by atoms with van der Waals surface area (Å²) in [4.78, 5) is 27.4. The molecule has 0 aliphatic heterocycles. The molecule has 0 aliphatic rings. The van der Waals surface area contributed by atoms with E-state index in [0.717, 1.165) is 5.56 Å². The first-order chi connectivity index (χ1) is 10.6. The highest BCUT2D eigenvalue weighted by Gasteiger charge is 2.28. The highest BCUT2D eigenvalue weighted by molar-refractivity contribution is 14.1. The molecule has 0 amide bonds. The van der Waals surface area contributed by atoms with Gasteiger partial charge in [0.15, 0.2) is 0 Å². The van der Waals surface area contributed by atoms with E-state index in [1.807, 2.05) is 52.9 Å². The number of carbonyl (C=O) groups is 2. The lowest BCUT2D eigenvalue weighted by Crippen LogP contribution is -2.09. The normalized spacial score (nSPS) is 10.3. The molecule has 1 N–H and O–H groups in total. The van der Waals surface area contributed by atoms with Crippen LogP contribution in [0.2, 0.25) is 0 Å². The van der Waals surface area contributed by atoms with Gasteiger partial charge in [0.25, 0.3) is 0 Å². The Hall–Kier alpha value is -1.83. The third-order valence-electron chi connectivity index (χ3n) is 2.98. The van der Waals surface area contributed by atoms with Crippen molar-refractivity contribution < 1.29 is 19.1 Å². The van der Waals surface area contributed by atoms with Gasteiger partial charge in [-0.1, -0.05) is 30.3 Å². The predicted octanol–water partition coefficient (Wildman–Crippen LogP) is 3.64. The van der Waals surface area contributed by atoms with E-state index in [1.165, 1.54) is 0 Å². The number of H-pyrrole nitrogens is 1. The van der Waals surface area contributed by atoms with Gasteiger partial charge in [-0.3, -0.25) is 0 Å². The lowest BCUT2D eigenvalue weighted by Gasteiger charge is -2.07. The van der Waals surface area contributed by atoms with Crippen LogP contribution in [0.1, 0.15) is 34.7 Å². The molecular weight excluding hydrogens is 397 g/mol. The van der Waals surface area contributed by atoms with Gasteiger partial charge in [0.2, 0.25) is 0 Å². The molecule has 0 fully saturated rings. The van der Waals surface area contributed by atoms with Crippen molar-refractivity contribution in [2.24, 2.45) is 0 Å². The van der Waals surface area contributed by atoms with Gasteiger partial charge in [0.1, 0.15) is 5.69 Å². The van der Waals surface area contributed by atoms with Crippen molar-refractivity contribution in [3.63, 3.8) is 0 Å². The van der Waals surface area contributed by atoms with Crippen LogP contribution in [0, 0.1) is 3.70 Å². The van der Waals surface area contributed by atoms with E-state index in [2.05, 4.69) is 4.98 Å². The number of esters is 2. The maximum absolute atomic E-state index is 12.3. The van der Waals surface area contributed by atoms with Crippen molar-refractivity contribution in [2.45, 2.75) is 13.8 Å². The summed E-state index contributed by atoms with van der Waals surface area (Å²) in [6.07, 6.45) is 0. The molecule has 2 aromatic rings. The third kappa shape index (κ3) is 3.32. The number of rotatable bonds is 5. The number of ether oxygens (including phenoxy) is 2. The van der Waals surface area contributed by atoms with Gasteiger partial charge in [-0.05, 0) is 42.0 Å². The number of nitrogens with one attached hydrogen (secondary N) is 1. The predicted molar refractivity (Wildman–Crippen MR) is 90.9 cm³/mol. The summed E-state index contributed by atoms with van der Waals surface area (Å²) in [5, 5.41) is 0. The summed E-state index contributed by atoms with van der Waals surface area (Å²) in [5.74, 6) is -0.952. The largest absolute Gasteiger partial charge is 0.462 e. The Morgan fingerprint density at radius 3 is 2.23 bits per heavy atom. The zero-order valence-corrected chi connectivity index (χ0v) is 14.5. The van der Waals surface area contributed by atoms with Crippen LogP contribution in [-0.2, 0) is 9.47 Å². The highest BCUT2D eigenvalue weighted by atomic mass is 127. The number of hydrogen-bond donors (Lipinski definition) is 1. The molecule has 1 aromatic heterocycles. The minimum atomic E-state index is -0.491. The summed E-state index contributed by atoms with van der Waals surface area (Å²) in [7, 11) is 0. The molecule has 0 atom stereocenters. The van der Waals surface area contributed by atoms with Gasteiger partial charge < -0.3 is 14.5 Å². The summed E-state index contributed by atoms with van der Waals surface area (Å²) in [6.45, 7) is 4.01. The van der Waals surface area contributed by atoms with E-state index in [0.29, 0.717) is 14.8 Å². The Morgan fingerprint density at radius 1 is 1.05 bits per heavy atom. The first kappa shape index (κ1) is 16.5. The number of hydrogen-bond acceptors (Lipinski definition) is 4. The van der Waals surface area contributed by atoms with Crippen LogP contribution >= 0.6 is 22.6 Å². The molecule has 5 nitrogen and oxygen atoms in total. The molecule has 116 valence electrons. The second-order valence-electron chi connectivity index (χ2n) is 4.37.